The van der Waals surface area contributed by atoms with Gasteiger partial charge in [-0.25, -0.2) is 0 Å². The molecule has 1 saturated heterocycles. The Bertz CT molecular complexity index is 215. The van der Waals surface area contributed by atoms with Gasteiger partial charge in [0.15, 0.2) is 0 Å². The Balaban J connectivity index is 2.14. The van der Waals surface area contributed by atoms with Crippen molar-refractivity contribution in [3.63, 3.8) is 0 Å². The first-order chi connectivity index (χ1) is 8.27. The molecule has 1 amide bonds. The molecular formula is C13H26N2O2. The summed E-state index contributed by atoms with van der Waals surface area (Å²) in [7, 11) is 0. The van der Waals surface area contributed by atoms with Gasteiger partial charge in [0.25, 0.3) is 0 Å². The highest BCUT2D eigenvalue weighted by Crippen LogP contribution is 2.09. The van der Waals surface area contributed by atoms with Gasteiger partial charge in [-0.1, -0.05) is 13.3 Å². The van der Waals surface area contributed by atoms with Crippen LogP contribution in [-0.4, -0.2) is 48.7 Å². The molecule has 0 bridgehead atoms. The molecule has 0 radical (unpaired) electrons. The molecule has 0 aromatic carbocycles. The van der Waals surface area contributed by atoms with Gasteiger partial charge in [0.2, 0.25) is 5.91 Å². The third-order valence-electron chi connectivity index (χ3n) is 3.53. The van der Waals surface area contributed by atoms with Crippen LogP contribution in [0.15, 0.2) is 0 Å². The summed E-state index contributed by atoms with van der Waals surface area (Å²) >= 11 is 0. The molecule has 4 heteroatoms. The van der Waals surface area contributed by atoms with Gasteiger partial charge in [0, 0.05) is 19.7 Å². The number of rotatable bonds is 7. The first-order valence-corrected chi connectivity index (χ1v) is 6.87. The molecule has 1 fully saturated rings. The topological polar surface area (TPSA) is 52.6 Å². The van der Waals surface area contributed by atoms with E-state index < -0.39 is 0 Å². The molecule has 1 unspecified atom stereocenters. The third-order valence-corrected chi connectivity index (χ3v) is 3.53. The molecule has 2 N–H and O–H groups in total. The normalized spacial score (nSPS) is 18.1. The number of likely N-dealkylation sites (tertiary alicyclic amines) is 1. The van der Waals surface area contributed by atoms with E-state index in [-0.39, 0.29) is 12.5 Å². The molecular weight excluding hydrogens is 216 g/mol. The number of amides is 1. The van der Waals surface area contributed by atoms with E-state index in [0.717, 1.165) is 45.3 Å². The molecule has 1 aliphatic heterocycles. The SMILES string of the molecule is CCC(CCO)CNCC(=O)N1CCCCC1. The van der Waals surface area contributed by atoms with Crippen LogP contribution in [0.3, 0.4) is 0 Å². The first-order valence-electron chi connectivity index (χ1n) is 6.87. The molecule has 0 aromatic rings. The molecule has 0 aromatic heterocycles. The molecule has 0 aliphatic carbocycles. The molecule has 1 rings (SSSR count). The van der Waals surface area contributed by atoms with Crippen LogP contribution < -0.4 is 5.32 Å². The van der Waals surface area contributed by atoms with Crippen molar-refractivity contribution in [2.75, 3.05) is 32.8 Å². The van der Waals surface area contributed by atoms with Crippen LogP contribution in [0.2, 0.25) is 0 Å². The zero-order valence-corrected chi connectivity index (χ0v) is 11.0. The molecule has 100 valence electrons. The van der Waals surface area contributed by atoms with Crippen molar-refractivity contribution < 1.29 is 9.90 Å². The summed E-state index contributed by atoms with van der Waals surface area (Å²) in [5.41, 5.74) is 0. The number of hydrogen-bond acceptors (Lipinski definition) is 3. The molecule has 17 heavy (non-hydrogen) atoms. The van der Waals surface area contributed by atoms with E-state index in [0.29, 0.717) is 12.5 Å². The lowest BCUT2D eigenvalue weighted by molar-refractivity contribution is -0.131. The van der Waals surface area contributed by atoms with Crippen molar-refractivity contribution in [3.8, 4) is 0 Å². The predicted octanol–water partition coefficient (Wildman–Crippen LogP) is 0.997. The fourth-order valence-corrected chi connectivity index (χ4v) is 2.27. The third kappa shape index (κ3) is 5.50. The van der Waals surface area contributed by atoms with E-state index in [1.54, 1.807) is 0 Å². The lowest BCUT2D eigenvalue weighted by atomic mass is 10.0. The minimum absolute atomic E-state index is 0.226. The first kappa shape index (κ1) is 14.5. The highest BCUT2D eigenvalue weighted by atomic mass is 16.3. The maximum Gasteiger partial charge on any atom is 0.236 e. The number of hydrogen-bond donors (Lipinski definition) is 2. The molecule has 0 saturated carbocycles. The second-order valence-corrected chi connectivity index (χ2v) is 4.86. The second-order valence-electron chi connectivity index (χ2n) is 4.86. The van der Waals surface area contributed by atoms with Crippen molar-refractivity contribution in [3.05, 3.63) is 0 Å². The van der Waals surface area contributed by atoms with Crippen LogP contribution in [0.4, 0.5) is 0 Å². The maximum absolute atomic E-state index is 11.8. The van der Waals surface area contributed by atoms with E-state index in [4.69, 9.17) is 5.11 Å². The number of carbonyl (C=O) groups excluding carboxylic acids is 1. The van der Waals surface area contributed by atoms with E-state index in [1.807, 2.05) is 4.90 Å². The molecule has 1 heterocycles. The van der Waals surface area contributed by atoms with Gasteiger partial charge in [0.1, 0.15) is 0 Å². The highest BCUT2D eigenvalue weighted by Gasteiger charge is 2.16. The zero-order valence-electron chi connectivity index (χ0n) is 11.0. The van der Waals surface area contributed by atoms with Gasteiger partial charge in [0.05, 0.1) is 6.54 Å². The largest absolute Gasteiger partial charge is 0.396 e. The average Bonchev–Trinajstić information content (AvgIpc) is 2.38. The summed E-state index contributed by atoms with van der Waals surface area (Å²) in [6.45, 7) is 5.48. The van der Waals surface area contributed by atoms with E-state index in [9.17, 15) is 4.79 Å². The number of nitrogens with one attached hydrogen (secondary N) is 1. The quantitative estimate of drug-likeness (QED) is 0.700. The zero-order chi connectivity index (χ0) is 12.5. The summed E-state index contributed by atoms with van der Waals surface area (Å²) in [5.74, 6) is 0.706. The van der Waals surface area contributed by atoms with Crippen LogP contribution >= 0.6 is 0 Å². The fraction of sp³-hybridized carbons (Fsp3) is 0.923. The maximum atomic E-state index is 11.8. The Morgan fingerprint density at radius 1 is 1.35 bits per heavy atom. The number of carbonyl (C=O) groups is 1. The Hall–Kier alpha value is -0.610. The Morgan fingerprint density at radius 3 is 2.65 bits per heavy atom. The van der Waals surface area contributed by atoms with Gasteiger partial charge < -0.3 is 15.3 Å². The number of piperidine rings is 1. The van der Waals surface area contributed by atoms with Gasteiger partial charge >= 0.3 is 0 Å². The number of aliphatic hydroxyl groups is 1. The molecule has 0 spiro atoms. The van der Waals surface area contributed by atoms with Crippen LogP contribution in [0.5, 0.6) is 0 Å². The Morgan fingerprint density at radius 2 is 2.06 bits per heavy atom. The van der Waals surface area contributed by atoms with Crippen molar-refractivity contribution >= 4 is 5.91 Å². The van der Waals surface area contributed by atoms with E-state index >= 15 is 0 Å². The fourth-order valence-electron chi connectivity index (χ4n) is 2.27. The van der Waals surface area contributed by atoms with Crippen molar-refractivity contribution in [2.45, 2.75) is 39.0 Å². The van der Waals surface area contributed by atoms with Crippen molar-refractivity contribution in [1.82, 2.24) is 10.2 Å². The lowest BCUT2D eigenvalue weighted by Gasteiger charge is -2.27. The summed E-state index contributed by atoms with van der Waals surface area (Å²) < 4.78 is 0. The Kier molecular flexibility index (Phi) is 7.21. The molecule has 1 atom stereocenters. The van der Waals surface area contributed by atoms with Gasteiger partial charge in [-0.15, -0.1) is 0 Å². The summed E-state index contributed by atoms with van der Waals surface area (Å²) in [5, 5.41) is 12.1. The van der Waals surface area contributed by atoms with Crippen LogP contribution in [0.1, 0.15) is 39.0 Å². The summed E-state index contributed by atoms with van der Waals surface area (Å²) in [6.07, 6.45) is 5.42. The number of nitrogens with zero attached hydrogens (tertiary/aromatic N) is 1. The minimum atomic E-state index is 0.226. The second kappa shape index (κ2) is 8.48. The summed E-state index contributed by atoms with van der Waals surface area (Å²) in [6, 6.07) is 0. The van der Waals surface area contributed by atoms with Crippen LogP contribution in [0.25, 0.3) is 0 Å². The smallest absolute Gasteiger partial charge is 0.236 e. The van der Waals surface area contributed by atoms with E-state index in [2.05, 4.69) is 12.2 Å². The standard InChI is InChI=1S/C13H26N2O2/c1-2-12(6-9-16)10-14-11-13(17)15-7-4-3-5-8-15/h12,14,16H,2-11H2,1H3. The monoisotopic (exact) mass is 242 g/mol. The van der Waals surface area contributed by atoms with Crippen LogP contribution in [-0.2, 0) is 4.79 Å². The van der Waals surface area contributed by atoms with E-state index in [1.165, 1.54) is 6.42 Å². The number of aliphatic hydroxyl groups excluding tert-OH is 1. The van der Waals surface area contributed by atoms with Gasteiger partial charge in [-0.2, -0.15) is 0 Å². The van der Waals surface area contributed by atoms with Gasteiger partial charge in [-0.3, -0.25) is 4.79 Å². The van der Waals surface area contributed by atoms with Crippen molar-refractivity contribution in [1.29, 1.82) is 0 Å². The highest BCUT2D eigenvalue weighted by molar-refractivity contribution is 5.78. The lowest BCUT2D eigenvalue weighted by Crippen LogP contribution is -2.42. The minimum Gasteiger partial charge on any atom is -0.396 e. The van der Waals surface area contributed by atoms with Crippen LogP contribution in [0, 0.1) is 5.92 Å². The van der Waals surface area contributed by atoms with Gasteiger partial charge in [-0.05, 0) is 38.1 Å². The average molecular weight is 242 g/mol. The Labute approximate surface area is 104 Å². The summed E-state index contributed by atoms with van der Waals surface area (Å²) in [4.78, 5) is 13.8. The molecule has 4 nitrogen and oxygen atoms in total. The predicted molar refractivity (Wildman–Crippen MR) is 68.8 cm³/mol. The van der Waals surface area contributed by atoms with Crippen molar-refractivity contribution in [2.24, 2.45) is 5.92 Å². The molecule has 1 aliphatic rings.